The molecule has 20 heteroatoms. The fourth-order valence-electron chi connectivity index (χ4n) is 8.25. The van der Waals surface area contributed by atoms with Crippen molar-refractivity contribution in [2.75, 3.05) is 50.3 Å². The lowest BCUT2D eigenvalue weighted by molar-refractivity contribution is -0.144. The topological polar surface area (TPSA) is 179 Å². The molecular formula is C53H59F3N8O7S2. The average molecular weight is 1040 g/mol. The molecule has 0 spiro atoms. The van der Waals surface area contributed by atoms with Crippen molar-refractivity contribution in [1.82, 2.24) is 25.5 Å². The largest absolute Gasteiger partial charge is 0.492 e. The predicted octanol–water partition coefficient (Wildman–Crippen LogP) is 8.70. The summed E-state index contributed by atoms with van der Waals surface area (Å²) in [5.74, 6) is -3.95. The molecule has 3 heterocycles. The monoisotopic (exact) mass is 1040 g/mol. The number of aromatic nitrogens is 2. The third kappa shape index (κ3) is 13.2. The summed E-state index contributed by atoms with van der Waals surface area (Å²) in [6.45, 7) is 11.2. The van der Waals surface area contributed by atoms with Crippen molar-refractivity contribution in [2.45, 2.75) is 91.4 Å². The van der Waals surface area contributed by atoms with E-state index in [4.69, 9.17) is 26.4 Å². The van der Waals surface area contributed by atoms with Crippen LogP contribution in [-0.4, -0.2) is 102 Å². The molecule has 3 amide bonds. The van der Waals surface area contributed by atoms with Crippen molar-refractivity contribution in [3.63, 3.8) is 0 Å². The number of nitrogens with zero attached hydrogens (tertiary/aromatic N) is 6. The molecule has 2 unspecified atom stereocenters. The molecule has 73 heavy (non-hydrogen) atoms. The van der Waals surface area contributed by atoms with Crippen molar-refractivity contribution in [3.05, 3.63) is 107 Å². The van der Waals surface area contributed by atoms with Gasteiger partial charge in [-0.2, -0.15) is 5.26 Å². The number of ether oxygens (including phenoxy) is 3. The van der Waals surface area contributed by atoms with Crippen LogP contribution in [-0.2, 0) is 30.5 Å². The van der Waals surface area contributed by atoms with Gasteiger partial charge in [0, 0.05) is 38.4 Å². The van der Waals surface area contributed by atoms with E-state index in [1.807, 2.05) is 63.5 Å². The molecule has 0 bridgehead atoms. The highest BCUT2D eigenvalue weighted by Gasteiger charge is 2.42. The lowest BCUT2D eigenvalue weighted by Gasteiger charge is -2.39. The Morgan fingerprint density at radius 2 is 1.71 bits per heavy atom. The van der Waals surface area contributed by atoms with E-state index >= 15 is 13.2 Å². The molecule has 1 aliphatic heterocycles. The van der Waals surface area contributed by atoms with E-state index in [1.165, 1.54) is 68.3 Å². The van der Waals surface area contributed by atoms with Gasteiger partial charge in [0.1, 0.15) is 36.7 Å². The molecule has 2 N–H and O–H groups in total. The van der Waals surface area contributed by atoms with Gasteiger partial charge in [-0.1, -0.05) is 45.0 Å². The number of hydrogen-bond acceptors (Lipinski definition) is 12. The molecule has 0 aliphatic carbocycles. The second-order valence-electron chi connectivity index (χ2n) is 19.1. The second-order valence-corrected chi connectivity index (χ2v) is 20.3. The van der Waals surface area contributed by atoms with Crippen LogP contribution in [0, 0.1) is 41.1 Å². The van der Waals surface area contributed by atoms with Crippen molar-refractivity contribution in [3.8, 4) is 39.3 Å². The van der Waals surface area contributed by atoms with Crippen molar-refractivity contribution >= 4 is 64.0 Å². The minimum absolute atomic E-state index is 0.0370. The standard InChI is InChI=1S/C53H59F3N8O7S2/c1-32-47(73-31-60-32)34-15-13-33(14-16-34)27-59-49(67)41-12-11-21-63(41)50(68)48(52(2,3)4)61-43(66)29-70-22-9-10-23-71-42-20-18-35(24-38(42)54)45-39(55)25-37(28-58-45)64(53(5,6)30-65)51(72)62(7)40-19-17-36(26-57)46(69-8)44(40)56/h13-20,24-25,28,30-31,41,48H,9-12,21-23,27,29H2,1-8H3,(H,59,67)(H,61,66). The van der Waals surface area contributed by atoms with E-state index in [2.05, 4.69) is 20.6 Å². The number of hydrogen-bond donors (Lipinski definition) is 2. The molecule has 3 aromatic carbocycles. The molecule has 5 aromatic rings. The van der Waals surface area contributed by atoms with Gasteiger partial charge >= 0.3 is 0 Å². The summed E-state index contributed by atoms with van der Waals surface area (Å²) in [7, 11) is 2.66. The number of benzene rings is 3. The number of aldehydes is 1. The summed E-state index contributed by atoms with van der Waals surface area (Å²) in [6, 6.07) is 15.8. The van der Waals surface area contributed by atoms with Gasteiger partial charge in [-0.25, -0.2) is 18.2 Å². The third-order valence-corrected chi connectivity index (χ3v) is 13.7. The van der Waals surface area contributed by atoms with E-state index in [-0.39, 0.29) is 76.4 Å². The summed E-state index contributed by atoms with van der Waals surface area (Å²) in [5.41, 5.74) is 2.55. The van der Waals surface area contributed by atoms with Gasteiger partial charge in [0.15, 0.2) is 34.1 Å². The number of carbonyl (C=O) groups excluding carboxylic acids is 4. The zero-order chi connectivity index (χ0) is 53.2. The van der Waals surface area contributed by atoms with E-state index in [0.29, 0.717) is 45.1 Å². The van der Waals surface area contributed by atoms with Crippen molar-refractivity contribution < 1.29 is 46.6 Å². The number of amides is 3. The molecule has 386 valence electrons. The van der Waals surface area contributed by atoms with Gasteiger partial charge in [0.25, 0.3) is 0 Å². The summed E-state index contributed by atoms with van der Waals surface area (Å²) >= 11 is 7.27. The number of thiocarbonyl (C=S) groups is 1. The first kappa shape index (κ1) is 55.4. The minimum Gasteiger partial charge on any atom is -0.492 e. The number of nitrogens with one attached hydrogen (secondary N) is 2. The zero-order valence-electron chi connectivity index (χ0n) is 42.0. The first-order chi connectivity index (χ1) is 34.7. The van der Waals surface area contributed by atoms with Crippen molar-refractivity contribution in [1.29, 1.82) is 5.26 Å². The van der Waals surface area contributed by atoms with Crippen LogP contribution < -0.4 is 29.9 Å². The van der Waals surface area contributed by atoms with Gasteiger partial charge in [0.05, 0.1) is 58.5 Å². The molecule has 0 saturated carbocycles. The van der Waals surface area contributed by atoms with Gasteiger partial charge in [0.2, 0.25) is 17.7 Å². The van der Waals surface area contributed by atoms with E-state index in [1.54, 1.807) is 16.2 Å². The minimum atomic E-state index is -1.38. The molecule has 1 aliphatic rings. The van der Waals surface area contributed by atoms with Crippen LogP contribution >= 0.6 is 23.6 Å². The van der Waals surface area contributed by atoms with Crippen LogP contribution in [0.4, 0.5) is 24.5 Å². The van der Waals surface area contributed by atoms with Crippen LogP contribution in [0.2, 0.25) is 0 Å². The molecule has 15 nitrogen and oxygen atoms in total. The maximum absolute atomic E-state index is 15.9. The highest BCUT2D eigenvalue weighted by molar-refractivity contribution is 7.80. The highest BCUT2D eigenvalue weighted by atomic mass is 32.1. The maximum Gasteiger partial charge on any atom is 0.246 e. The van der Waals surface area contributed by atoms with Crippen LogP contribution in [0.15, 0.2) is 72.4 Å². The third-order valence-electron chi connectivity index (χ3n) is 12.3. The quantitative estimate of drug-likeness (QED) is 0.0430. The Hall–Kier alpha value is -6.95. The Bertz CT molecular complexity index is 2870. The Balaban J connectivity index is 0.964. The first-order valence-electron chi connectivity index (χ1n) is 23.5. The number of halogens is 3. The smallest absolute Gasteiger partial charge is 0.246 e. The van der Waals surface area contributed by atoms with E-state index in [0.717, 1.165) is 33.8 Å². The van der Waals surface area contributed by atoms with Gasteiger partial charge in [-0.05, 0) is 106 Å². The lowest BCUT2D eigenvalue weighted by Crippen LogP contribution is -2.58. The van der Waals surface area contributed by atoms with Gasteiger partial charge < -0.3 is 44.3 Å². The number of rotatable bonds is 20. The number of nitriles is 1. The van der Waals surface area contributed by atoms with Crippen LogP contribution in [0.5, 0.6) is 11.5 Å². The first-order valence-corrected chi connectivity index (χ1v) is 24.8. The number of methoxy groups -OCH3 is 1. The number of aryl methyl sites for hydroxylation is 1. The molecule has 6 rings (SSSR count). The summed E-state index contributed by atoms with van der Waals surface area (Å²) in [6.07, 6.45) is 3.91. The second kappa shape index (κ2) is 24.2. The number of carbonyl (C=O) groups is 4. The molecule has 1 fully saturated rings. The Kier molecular flexibility index (Phi) is 18.3. The zero-order valence-corrected chi connectivity index (χ0v) is 43.6. The fourth-order valence-corrected chi connectivity index (χ4v) is 9.50. The van der Waals surface area contributed by atoms with E-state index < -0.39 is 46.4 Å². The fraction of sp³-hybridized carbons (Fsp3) is 0.396. The SMILES string of the molecule is COc1c(C#N)ccc(N(C)C(=S)N(c2cnc(-c3ccc(OCCCCOCC(=O)NC(C(=O)N4CCCC4C(=O)NCc4ccc(-c5scnc5C)cc4)C(C)(C)C)c(F)c3)c(F)c2)C(C)(C)C=O)c1F. The molecule has 1 saturated heterocycles. The number of likely N-dealkylation sites (tertiary alicyclic amines) is 1. The highest BCUT2D eigenvalue weighted by Crippen LogP contribution is 2.35. The number of thiazole rings is 1. The molecule has 2 aromatic heterocycles. The summed E-state index contributed by atoms with van der Waals surface area (Å²) in [4.78, 5) is 66.5. The Labute approximate surface area is 432 Å². The van der Waals surface area contributed by atoms with Crippen LogP contribution in [0.3, 0.4) is 0 Å². The van der Waals surface area contributed by atoms with Crippen molar-refractivity contribution in [2.24, 2.45) is 5.41 Å². The molecule has 2 atom stereocenters. The lowest BCUT2D eigenvalue weighted by atomic mass is 9.85. The normalized spacial score (nSPS) is 13.9. The average Bonchev–Trinajstić information content (AvgIpc) is 4.04. The van der Waals surface area contributed by atoms with Crippen LogP contribution in [0.1, 0.15) is 77.1 Å². The Morgan fingerprint density at radius 3 is 2.34 bits per heavy atom. The molecular weight excluding hydrogens is 982 g/mol. The number of pyridine rings is 1. The predicted molar refractivity (Wildman–Crippen MR) is 277 cm³/mol. The van der Waals surface area contributed by atoms with E-state index in [9.17, 15) is 24.4 Å². The van der Waals surface area contributed by atoms with Crippen LogP contribution in [0.25, 0.3) is 21.7 Å². The summed E-state index contributed by atoms with van der Waals surface area (Å²) in [5, 5.41) is 15.1. The van der Waals surface area contributed by atoms with Gasteiger partial charge in [-0.15, -0.1) is 11.3 Å². The number of anilines is 2. The number of unbranched alkanes of at least 4 members (excludes halogenated alkanes) is 1. The molecule has 0 radical (unpaired) electrons. The summed E-state index contributed by atoms with van der Waals surface area (Å²) < 4.78 is 63.0. The Morgan fingerprint density at radius 1 is 1.00 bits per heavy atom. The van der Waals surface area contributed by atoms with Gasteiger partial charge in [-0.3, -0.25) is 19.4 Å². The maximum atomic E-state index is 15.9.